The smallest absolute Gasteiger partial charge is 0.410 e. The molecule has 166 valence electrons. The third-order valence-corrected chi connectivity index (χ3v) is 6.33. The van der Waals surface area contributed by atoms with Crippen LogP contribution in [0.3, 0.4) is 0 Å². The van der Waals surface area contributed by atoms with Crippen LogP contribution in [0.25, 0.3) is 6.08 Å². The maximum atomic E-state index is 11.9. The van der Waals surface area contributed by atoms with Crippen molar-refractivity contribution in [1.82, 2.24) is 10.2 Å². The molecule has 2 aromatic carbocycles. The van der Waals surface area contributed by atoms with E-state index in [9.17, 15) is 9.59 Å². The molecule has 2 aliphatic rings. The van der Waals surface area contributed by atoms with Crippen molar-refractivity contribution in [2.75, 3.05) is 20.3 Å². The van der Waals surface area contributed by atoms with Crippen molar-refractivity contribution >= 4 is 46.4 Å². The van der Waals surface area contributed by atoms with E-state index in [1.54, 1.807) is 24.2 Å². The Morgan fingerprint density at radius 3 is 2.66 bits per heavy atom. The second-order valence-electron chi connectivity index (χ2n) is 7.23. The number of carbonyl (C=O) groups excluding carboxylic acids is 2. The van der Waals surface area contributed by atoms with Gasteiger partial charge in [-0.1, -0.05) is 42.2 Å². The molecule has 0 aliphatic carbocycles. The van der Waals surface area contributed by atoms with Gasteiger partial charge in [0.2, 0.25) is 0 Å². The number of benzene rings is 2. The van der Waals surface area contributed by atoms with Crippen molar-refractivity contribution in [1.29, 1.82) is 0 Å². The van der Waals surface area contributed by atoms with Gasteiger partial charge in [0, 0.05) is 6.54 Å². The van der Waals surface area contributed by atoms with Crippen LogP contribution in [-0.2, 0) is 16.0 Å². The van der Waals surface area contributed by atoms with Gasteiger partial charge in [0.25, 0.3) is 5.91 Å². The molecule has 2 fully saturated rings. The molecule has 2 saturated heterocycles. The highest BCUT2D eigenvalue weighted by molar-refractivity contribution is 8.26. The molecule has 1 N–H and O–H groups in total. The summed E-state index contributed by atoms with van der Waals surface area (Å²) in [5.41, 5.74) is 1.90. The lowest BCUT2D eigenvalue weighted by molar-refractivity contribution is -0.115. The van der Waals surface area contributed by atoms with E-state index in [1.807, 2.05) is 43.3 Å². The van der Waals surface area contributed by atoms with Gasteiger partial charge in [-0.15, -0.1) is 0 Å². The van der Waals surface area contributed by atoms with Gasteiger partial charge in [0.15, 0.2) is 11.5 Å². The van der Waals surface area contributed by atoms with E-state index in [0.29, 0.717) is 39.6 Å². The minimum Gasteiger partial charge on any atom is -0.493 e. The molecule has 7 nitrogen and oxygen atoms in total. The van der Waals surface area contributed by atoms with Crippen LogP contribution >= 0.6 is 24.0 Å². The number of thioether (sulfide) groups is 1. The van der Waals surface area contributed by atoms with Gasteiger partial charge >= 0.3 is 6.09 Å². The molecule has 32 heavy (non-hydrogen) atoms. The second kappa shape index (κ2) is 9.62. The molecule has 1 atom stereocenters. The predicted molar refractivity (Wildman–Crippen MR) is 127 cm³/mol. The van der Waals surface area contributed by atoms with E-state index in [-0.39, 0.29) is 18.0 Å². The van der Waals surface area contributed by atoms with Crippen LogP contribution in [0.4, 0.5) is 4.79 Å². The lowest BCUT2D eigenvalue weighted by atomic mass is 10.1. The minimum atomic E-state index is -0.251. The number of rotatable bonds is 7. The Kier molecular flexibility index (Phi) is 6.66. The largest absolute Gasteiger partial charge is 0.493 e. The summed E-state index contributed by atoms with van der Waals surface area (Å²) in [7, 11) is 1.57. The maximum absolute atomic E-state index is 11.9. The number of nitrogens with zero attached hydrogens (tertiary/aromatic N) is 1. The van der Waals surface area contributed by atoms with E-state index in [0.717, 1.165) is 17.5 Å². The normalized spacial score (nSPS) is 19.3. The van der Waals surface area contributed by atoms with Crippen molar-refractivity contribution in [3.63, 3.8) is 0 Å². The fraction of sp³-hybridized carbons (Fsp3) is 0.261. The monoisotopic (exact) mass is 470 g/mol. The highest BCUT2D eigenvalue weighted by Gasteiger charge is 2.31. The molecule has 2 heterocycles. The second-order valence-corrected chi connectivity index (χ2v) is 8.95. The summed E-state index contributed by atoms with van der Waals surface area (Å²) in [5, 5.41) is 2.60. The van der Waals surface area contributed by atoms with Crippen molar-refractivity contribution < 1.29 is 23.8 Å². The van der Waals surface area contributed by atoms with E-state index in [1.165, 1.54) is 11.8 Å². The first kappa shape index (κ1) is 22.2. The first-order chi connectivity index (χ1) is 15.5. The summed E-state index contributed by atoms with van der Waals surface area (Å²) < 4.78 is 17.1. The Bertz CT molecular complexity index is 1080. The standard InChI is InChI=1S/C23H22N2O5S2/c1-3-25-16(13-29-23(25)27)10-14-4-7-17(8-5-14)30-18-9-6-15(11-19(18)28-2)12-20-21(26)24-22(31)32-20/h4-9,11-12,16H,3,10,13H2,1-2H3,(H,24,26,31). The molecular weight excluding hydrogens is 448 g/mol. The van der Waals surface area contributed by atoms with Gasteiger partial charge in [0.05, 0.1) is 18.1 Å². The average Bonchev–Trinajstić information content (AvgIpc) is 3.30. The first-order valence-electron chi connectivity index (χ1n) is 10.1. The van der Waals surface area contributed by atoms with Crippen LogP contribution < -0.4 is 14.8 Å². The molecule has 0 radical (unpaired) electrons. The van der Waals surface area contributed by atoms with Crippen molar-refractivity contribution in [2.24, 2.45) is 0 Å². The van der Waals surface area contributed by atoms with Gasteiger partial charge in [-0.25, -0.2) is 4.79 Å². The molecule has 9 heteroatoms. The molecule has 0 bridgehead atoms. The zero-order chi connectivity index (χ0) is 22.7. The Morgan fingerprint density at radius 1 is 1.22 bits per heavy atom. The van der Waals surface area contributed by atoms with E-state index in [4.69, 9.17) is 26.4 Å². The van der Waals surface area contributed by atoms with Crippen LogP contribution in [0.5, 0.6) is 17.2 Å². The molecule has 4 rings (SSSR count). The zero-order valence-electron chi connectivity index (χ0n) is 17.6. The van der Waals surface area contributed by atoms with Gasteiger partial charge in [0.1, 0.15) is 16.7 Å². The van der Waals surface area contributed by atoms with Crippen molar-refractivity contribution in [3.05, 3.63) is 58.5 Å². The third-order valence-electron chi connectivity index (χ3n) is 5.17. The van der Waals surface area contributed by atoms with E-state index in [2.05, 4.69) is 5.32 Å². The summed E-state index contributed by atoms with van der Waals surface area (Å²) in [6.45, 7) is 2.99. The number of methoxy groups -OCH3 is 1. The average molecular weight is 471 g/mol. The summed E-state index contributed by atoms with van der Waals surface area (Å²) in [5.74, 6) is 1.58. The Labute approximate surface area is 195 Å². The number of cyclic esters (lactones) is 1. The van der Waals surface area contributed by atoms with Crippen LogP contribution in [0.1, 0.15) is 18.1 Å². The van der Waals surface area contributed by atoms with Crippen LogP contribution in [0.2, 0.25) is 0 Å². The number of hydrogen-bond donors (Lipinski definition) is 1. The summed E-state index contributed by atoms with van der Waals surface area (Å²) in [6, 6.07) is 13.3. The number of likely N-dealkylation sites (N-methyl/N-ethyl adjacent to an activating group) is 1. The lowest BCUT2D eigenvalue weighted by Gasteiger charge is -2.19. The number of carbonyl (C=O) groups is 2. The predicted octanol–water partition coefficient (Wildman–Crippen LogP) is 4.36. The fourth-order valence-electron chi connectivity index (χ4n) is 3.57. The van der Waals surface area contributed by atoms with Crippen LogP contribution in [-0.4, -0.2) is 47.5 Å². The molecule has 1 unspecified atom stereocenters. The van der Waals surface area contributed by atoms with Gasteiger partial charge in [-0.2, -0.15) is 0 Å². The van der Waals surface area contributed by atoms with Gasteiger partial charge in [-0.05, 0) is 54.8 Å². The van der Waals surface area contributed by atoms with Crippen LogP contribution in [0, 0.1) is 0 Å². The summed E-state index contributed by atoms with van der Waals surface area (Å²) >= 11 is 6.25. The molecule has 0 spiro atoms. The highest BCUT2D eigenvalue weighted by atomic mass is 32.2. The molecular formula is C23H22N2O5S2. The fourth-order valence-corrected chi connectivity index (χ4v) is 4.61. The number of hydrogen-bond acceptors (Lipinski definition) is 7. The minimum absolute atomic E-state index is 0.0514. The number of ether oxygens (including phenoxy) is 3. The molecule has 0 saturated carbocycles. The number of amides is 2. The van der Waals surface area contributed by atoms with E-state index >= 15 is 0 Å². The molecule has 2 aliphatic heterocycles. The van der Waals surface area contributed by atoms with Crippen molar-refractivity contribution in [3.8, 4) is 17.2 Å². The molecule has 0 aromatic heterocycles. The molecule has 2 amide bonds. The highest BCUT2D eigenvalue weighted by Crippen LogP contribution is 2.34. The zero-order valence-corrected chi connectivity index (χ0v) is 19.3. The number of thiocarbonyl (C=S) groups is 1. The summed E-state index contributed by atoms with van der Waals surface area (Å²) in [6.07, 6.45) is 2.23. The van der Waals surface area contributed by atoms with Crippen LogP contribution in [0.15, 0.2) is 47.4 Å². The first-order valence-corrected chi connectivity index (χ1v) is 11.3. The summed E-state index contributed by atoms with van der Waals surface area (Å²) in [4.78, 5) is 25.9. The maximum Gasteiger partial charge on any atom is 0.410 e. The van der Waals surface area contributed by atoms with Gasteiger partial charge in [-0.3, -0.25) is 4.79 Å². The Balaban J connectivity index is 1.44. The quantitative estimate of drug-likeness (QED) is 0.476. The Morgan fingerprint density at radius 2 is 2.00 bits per heavy atom. The SMILES string of the molecule is CCN1C(=O)OCC1Cc1ccc(Oc2ccc(C=C3SC(=S)NC3=O)cc2OC)cc1. The number of nitrogens with one attached hydrogen (secondary N) is 1. The van der Waals surface area contributed by atoms with E-state index < -0.39 is 0 Å². The molecule has 2 aromatic rings. The Hall–Kier alpha value is -3.04. The van der Waals surface area contributed by atoms with Gasteiger partial charge < -0.3 is 24.4 Å². The lowest BCUT2D eigenvalue weighted by Crippen LogP contribution is -2.34. The third kappa shape index (κ3) is 4.89. The van der Waals surface area contributed by atoms with Crippen molar-refractivity contribution in [2.45, 2.75) is 19.4 Å². The topological polar surface area (TPSA) is 77.1 Å².